The van der Waals surface area contributed by atoms with Gasteiger partial charge in [0.2, 0.25) is 0 Å². The number of nitrogens with one attached hydrogen (secondary N) is 2. The number of halogens is 2. The number of esters is 1. The van der Waals surface area contributed by atoms with Gasteiger partial charge in [0.1, 0.15) is 5.69 Å². The van der Waals surface area contributed by atoms with Crippen molar-refractivity contribution in [2.24, 2.45) is 0 Å². The van der Waals surface area contributed by atoms with E-state index in [4.69, 9.17) is 27.9 Å². The summed E-state index contributed by atoms with van der Waals surface area (Å²) < 4.78 is 4.87. The molecule has 0 heterocycles. The number of carbonyl (C=O) groups is 2. The number of amides is 1. The quantitative estimate of drug-likeness (QED) is 0.436. The Morgan fingerprint density at radius 1 is 1.15 bits per heavy atom. The molecule has 2 rings (SSSR count). The Hall–Kier alpha value is -2.84. The van der Waals surface area contributed by atoms with Gasteiger partial charge in [-0.1, -0.05) is 23.2 Å². The number of carbonyl (C=O) groups excluding carboxylic acids is 2. The van der Waals surface area contributed by atoms with Crippen LogP contribution in [0.1, 0.15) is 10.4 Å². The summed E-state index contributed by atoms with van der Waals surface area (Å²) in [5.74, 6) is -1.46. The Kier molecular flexibility index (Phi) is 6.37. The van der Waals surface area contributed by atoms with Crippen LogP contribution < -0.4 is 10.6 Å². The molecule has 0 aromatic heterocycles. The second-order valence-corrected chi connectivity index (χ2v) is 5.81. The maximum atomic E-state index is 12.0. The number of nitro benzene ring substituents is 1. The topological polar surface area (TPSA) is 111 Å². The lowest BCUT2D eigenvalue weighted by atomic mass is 10.1. The minimum absolute atomic E-state index is 0.0435. The molecule has 0 bridgehead atoms. The summed E-state index contributed by atoms with van der Waals surface area (Å²) in [6.07, 6.45) is 0. The molecule has 2 N–H and O–H groups in total. The third-order valence-electron chi connectivity index (χ3n) is 3.24. The van der Waals surface area contributed by atoms with Gasteiger partial charge in [0.15, 0.2) is 6.61 Å². The van der Waals surface area contributed by atoms with Crippen molar-refractivity contribution in [3.63, 3.8) is 0 Å². The Morgan fingerprint density at radius 3 is 2.50 bits per heavy atom. The zero-order chi connectivity index (χ0) is 19.3. The molecule has 0 saturated heterocycles. The molecule has 2 aromatic carbocycles. The van der Waals surface area contributed by atoms with Gasteiger partial charge in [-0.25, -0.2) is 4.79 Å². The van der Waals surface area contributed by atoms with E-state index in [-0.39, 0.29) is 22.0 Å². The molecule has 0 unspecified atom stereocenters. The van der Waals surface area contributed by atoms with E-state index < -0.39 is 23.4 Å². The Bertz CT molecular complexity index is 873. The van der Waals surface area contributed by atoms with Gasteiger partial charge >= 0.3 is 5.97 Å². The molecule has 2 aromatic rings. The molecule has 0 aliphatic rings. The largest absolute Gasteiger partial charge is 0.452 e. The van der Waals surface area contributed by atoms with Crippen molar-refractivity contribution in [3.8, 4) is 0 Å². The van der Waals surface area contributed by atoms with Crippen LogP contribution in [0, 0.1) is 10.1 Å². The zero-order valence-corrected chi connectivity index (χ0v) is 14.9. The highest BCUT2D eigenvalue weighted by molar-refractivity contribution is 6.42. The maximum Gasteiger partial charge on any atom is 0.338 e. The lowest BCUT2D eigenvalue weighted by molar-refractivity contribution is -0.384. The van der Waals surface area contributed by atoms with Crippen LogP contribution in [0.5, 0.6) is 0 Å². The summed E-state index contributed by atoms with van der Waals surface area (Å²) in [5, 5.41) is 16.7. The highest BCUT2D eigenvalue weighted by Gasteiger charge is 2.18. The molecule has 0 fully saturated rings. The predicted octanol–water partition coefficient (Wildman–Crippen LogP) is 3.74. The molecule has 0 atom stereocenters. The van der Waals surface area contributed by atoms with E-state index in [2.05, 4.69) is 10.6 Å². The summed E-state index contributed by atoms with van der Waals surface area (Å²) in [6, 6.07) is 8.30. The zero-order valence-electron chi connectivity index (χ0n) is 13.4. The molecule has 10 heteroatoms. The average molecular weight is 398 g/mol. The van der Waals surface area contributed by atoms with Crippen LogP contribution in [0.15, 0.2) is 36.4 Å². The summed E-state index contributed by atoms with van der Waals surface area (Å²) in [4.78, 5) is 34.2. The lowest BCUT2D eigenvalue weighted by Crippen LogP contribution is -2.21. The smallest absolute Gasteiger partial charge is 0.338 e. The Balaban J connectivity index is 1.99. The molecule has 136 valence electrons. The SMILES string of the molecule is CNc1ccc(C(=O)OCC(=O)Nc2ccc(Cl)c(Cl)c2)cc1[N+](=O)[O-]. The number of rotatable bonds is 6. The highest BCUT2D eigenvalue weighted by Crippen LogP contribution is 2.26. The van der Waals surface area contributed by atoms with Crippen LogP contribution >= 0.6 is 23.2 Å². The Labute approximate surface area is 158 Å². The summed E-state index contributed by atoms with van der Waals surface area (Å²) >= 11 is 11.6. The predicted molar refractivity (Wildman–Crippen MR) is 98.0 cm³/mol. The van der Waals surface area contributed by atoms with Gasteiger partial charge in [0.05, 0.1) is 20.5 Å². The van der Waals surface area contributed by atoms with E-state index in [0.29, 0.717) is 10.7 Å². The van der Waals surface area contributed by atoms with Crippen molar-refractivity contribution in [2.75, 3.05) is 24.3 Å². The van der Waals surface area contributed by atoms with E-state index in [1.165, 1.54) is 37.4 Å². The third kappa shape index (κ3) is 4.84. The molecule has 8 nitrogen and oxygen atoms in total. The lowest BCUT2D eigenvalue weighted by Gasteiger charge is -2.08. The fraction of sp³-hybridized carbons (Fsp3) is 0.125. The van der Waals surface area contributed by atoms with Crippen molar-refractivity contribution in [1.29, 1.82) is 0 Å². The summed E-state index contributed by atoms with van der Waals surface area (Å²) in [5.41, 5.74) is 0.318. The minimum Gasteiger partial charge on any atom is -0.452 e. The van der Waals surface area contributed by atoms with E-state index in [1.54, 1.807) is 0 Å². The second-order valence-electron chi connectivity index (χ2n) is 4.99. The van der Waals surface area contributed by atoms with Gasteiger partial charge in [-0.3, -0.25) is 14.9 Å². The van der Waals surface area contributed by atoms with E-state index in [1.807, 2.05) is 0 Å². The highest BCUT2D eigenvalue weighted by atomic mass is 35.5. The van der Waals surface area contributed by atoms with E-state index in [9.17, 15) is 19.7 Å². The number of anilines is 2. The number of benzene rings is 2. The normalized spacial score (nSPS) is 10.1. The van der Waals surface area contributed by atoms with Gasteiger partial charge in [0.25, 0.3) is 11.6 Å². The van der Waals surface area contributed by atoms with E-state index >= 15 is 0 Å². The fourth-order valence-corrected chi connectivity index (χ4v) is 2.30. The molecule has 26 heavy (non-hydrogen) atoms. The van der Waals surface area contributed by atoms with Gasteiger partial charge in [-0.2, -0.15) is 0 Å². The second kappa shape index (κ2) is 8.50. The first-order valence-electron chi connectivity index (χ1n) is 7.20. The standard InChI is InChI=1S/C16H13Cl2N3O5/c1-19-13-5-2-9(6-14(13)21(24)25)16(23)26-8-15(22)20-10-3-4-11(17)12(18)7-10/h2-7,19H,8H2,1H3,(H,20,22). The monoisotopic (exact) mass is 397 g/mol. The molecular weight excluding hydrogens is 385 g/mol. The van der Waals surface area contributed by atoms with Crippen molar-refractivity contribution < 1.29 is 19.2 Å². The van der Waals surface area contributed by atoms with Crippen molar-refractivity contribution in [3.05, 3.63) is 62.1 Å². The molecule has 0 radical (unpaired) electrons. The summed E-state index contributed by atoms with van der Waals surface area (Å²) in [7, 11) is 1.52. The van der Waals surface area contributed by atoms with Crippen LogP contribution in [-0.4, -0.2) is 30.5 Å². The third-order valence-corrected chi connectivity index (χ3v) is 3.98. The van der Waals surface area contributed by atoms with Crippen molar-refractivity contribution in [1.82, 2.24) is 0 Å². The Morgan fingerprint density at radius 2 is 1.88 bits per heavy atom. The van der Waals surface area contributed by atoms with Crippen LogP contribution in [0.4, 0.5) is 17.1 Å². The molecular formula is C16H13Cl2N3O5. The van der Waals surface area contributed by atoms with Crippen molar-refractivity contribution in [2.45, 2.75) is 0 Å². The fourth-order valence-electron chi connectivity index (χ4n) is 2.01. The van der Waals surface area contributed by atoms with Gasteiger partial charge in [0, 0.05) is 18.8 Å². The number of ether oxygens (including phenoxy) is 1. The molecule has 1 amide bonds. The molecule has 0 saturated carbocycles. The average Bonchev–Trinajstić information content (AvgIpc) is 2.62. The summed E-state index contributed by atoms with van der Waals surface area (Å²) in [6.45, 7) is -0.569. The van der Waals surface area contributed by atoms with Crippen LogP contribution in [0.3, 0.4) is 0 Å². The number of nitro groups is 1. The maximum absolute atomic E-state index is 12.0. The molecule has 0 aliphatic carbocycles. The van der Waals surface area contributed by atoms with E-state index in [0.717, 1.165) is 6.07 Å². The first-order valence-corrected chi connectivity index (χ1v) is 7.95. The van der Waals surface area contributed by atoms with Crippen LogP contribution in [0.25, 0.3) is 0 Å². The number of hydrogen-bond acceptors (Lipinski definition) is 6. The van der Waals surface area contributed by atoms with Gasteiger partial charge in [-0.15, -0.1) is 0 Å². The number of hydrogen-bond donors (Lipinski definition) is 2. The number of nitrogens with zero attached hydrogens (tertiary/aromatic N) is 1. The first kappa shape index (κ1) is 19.5. The van der Waals surface area contributed by atoms with Crippen LogP contribution in [-0.2, 0) is 9.53 Å². The molecule has 0 aliphatic heterocycles. The van der Waals surface area contributed by atoms with Gasteiger partial charge in [-0.05, 0) is 30.3 Å². The molecule has 0 spiro atoms. The van der Waals surface area contributed by atoms with Crippen LogP contribution in [0.2, 0.25) is 10.0 Å². The van der Waals surface area contributed by atoms with Crippen molar-refractivity contribution >= 4 is 52.1 Å². The van der Waals surface area contributed by atoms with Gasteiger partial charge < -0.3 is 15.4 Å². The first-order chi connectivity index (χ1) is 12.3. The minimum atomic E-state index is -0.861.